The number of nitrogens with zero attached hydrogens (tertiary/aromatic N) is 1. The van der Waals surface area contributed by atoms with Crippen LogP contribution in [0.25, 0.3) is 0 Å². The van der Waals surface area contributed by atoms with Gasteiger partial charge in [0, 0.05) is 0 Å². The molecule has 2 aromatic carbocycles. The normalized spacial score (nSPS) is 14.5. The Hall–Kier alpha value is -2.50. The average Bonchev–Trinajstić information content (AvgIpc) is 2.50. The van der Waals surface area contributed by atoms with Gasteiger partial charge in [-0.2, -0.15) is 13.2 Å². The molecule has 0 atom stereocenters. The molecule has 0 bridgehead atoms. The summed E-state index contributed by atoms with van der Waals surface area (Å²) in [6, 6.07) is 11.9. The Morgan fingerprint density at radius 3 is 2.41 bits per heavy atom. The quantitative estimate of drug-likeness (QED) is 0.848. The highest BCUT2D eigenvalue weighted by atomic mass is 19.4. The fourth-order valence-corrected chi connectivity index (χ4v) is 2.31. The van der Waals surface area contributed by atoms with Crippen molar-refractivity contribution in [1.82, 2.24) is 0 Å². The lowest BCUT2D eigenvalue weighted by Gasteiger charge is -2.29. The van der Waals surface area contributed by atoms with Crippen LogP contribution in [0.5, 0.6) is 5.75 Å². The molecule has 0 aliphatic carbocycles. The van der Waals surface area contributed by atoms with E-state index in [-0.39, 0.29) is 19.1 Å². The van der Waals surface area contributed by atoms with E-state index in [2.05, 4.69) is 0 Å². The predicted molar refractivity (Wildman–Crippen MR) is 74.6 cm³/mol. The van der Waals surface area contributed by atoms with Crippen molar-refractivity contribution >= 4 is 11.6 Å². The van der Waals surface area contributed by atoms with Crippen molar-refractivity contribution in [2.24, 2.45) is 0 Å². The van der Waals surface area contributed by atoms with Crippen molar-refractivity contribution in [3.63, 3.8) is 0 Å². The Labute approximate surface area is 124 Å². The van der Waals surface area contributed by atoms with Gasteiger partial charge in [-0.3, -0.25) is 4.79 Å². The minimum Gasteiger partial charge on any atom is -0.482 e. The second-order valence-corrected chi connectivity index (χ2v) is 4.93. The van der Waals surface area contributed by atoms with Crippen LogP contribution >= 0.6 is 0 Å². The van der Waals surface area contributed by atoms with Gasteiger partial charge in [0.2, 0.25) is 0 Å². The molecular formula is C16H12F3NO2. The monoisotopic (exact) mass is 307 g/mol. The molecule has 114 valence electrons. The van der Waals surface area contributed by atoms with Crippen molar-refractivity contribution in [1.29, 1.82) is 0 Å². The van der Waals surface area contributed by atoms with E-state index in [1.165, 1.54) is 17.0 Å². The standard InChI is InChI=1S/C16H12F3NO2/c17-16(18,19)12-7-5-11(6-8-12)9-20-13-3-1-2-4-14(13)22-10-15(20)21/h1-8H,9-10H2. The van der Waals surface area contributed by atoms with Gasteiger partial charge in [0.15, 0.2) is 6.61 Å². The molecule has 0 aromatic heterocycles. The summed E-state index contributed by atoms with van der Waals surface area (Å²) in [6.45, 7) is 0.134. The molecule has 0 fully saturated rings. The summed E-state index contributed by atoms with van der Waals surface area (Å²) in [7, 11) is 0. The SMILES string of the molecule is O=C1COc2ccccc2N1Cc1ccc(C(F)(F)F)cc1. The minimum absolute atomic E-state index is 0.0718. The topological polar surface area (TPSA) is 29.5 Å². The van der Waals surface area contributed by atoms with E-state index in [1.807, 2.05) is 0 Å². The first-order chi connectivity index (χ1) is 10.4. The Morgan fingerprint density at radius 2 is 1.73 bits per heavy atom. The molecule has 0 spiro atoms. The third-order valence-corrected chi connectivity index (χ3v) is 3.43. The van der Waals surface area contributed by atoms with Crippen LogP contribution in [-0.4, -0.2) is 12.5 Å². The molecule has 1 heterocycles. The molecule has 0 saturated heterocycles. The number of amides is 1. The lowest BCUT2D eigenvalue weighted by Crippen LogP contribution is -2.38. The molecule has 3 rings (SSSR count). The number of carbonyl (C=O) groups excluding carboxylic acids is 1. The number of fused-ring (bicyclic) bond motifs is 1. The molecule has 0 saturated carbocycles. The van der Waals surface area contributed by atoms with Gasteiger partial charge >= 0.3 is 6.18 Å². The molecule has 2 aromatic rings. The van der Waals surface area contributed by atoms with E-state index in [0.29, 0.717) is 17.0 Å². The van der Waals surface area contributed by atoms with Gasteiger partial charge in [-0.05, 0) is 29.8 Å². The van der Waals surface area contributed by atoms with E-state index in [9.17, 15) is 18.0 Å². The first kappa shape index (κ1) is 14.4. The van der Waals surface area contributed by atoms with Gasteiger partial charge in [0.05, 0.1) is 17.8 Å². The van der Waals surface area contributed by atoms with E-state index in [0.717, 1.165) is 12.1 Å². The highest BCUT2D eigenvalue weighted by molar-refractivity contribution is 5.97. The summed E-state index contributed by atoms with van der Waals surface area (Å²) >= 11 is 0. The van der Waals surface area contributed by atoms with Gasteiger partial charge < -0.3 is 9.64 Å². The van der Waals surface area contributed by atoms with Gasteiger partial charge in [0.25, 0.3) is 5.91 Å². The summed E-state index contributed by atoms with van der Waals surface area (Å²) in [4.78, 5) is 13.5. The number of para-hydroxylation sites is 2. The largest absolute Gasteiger partial charge is 0.482 e. The Balaban J connectivity index is 1.85. The highest BCUT2D eigenvalue weighted by Gasteiger charge is 2.30. The summed E-state index contributed by atoms with van der Waals surface area (Å²) in [5.74, 6) is 0.368. The number of hydrogen-bond acceptors (Lipinski definition) is 2. The number of ether oxygens (including phenoxy) is 1. The predicted octanol–water partition coefficient (Wildman–Crippen LogP) is 3.63. The summed E-state index contributed by atoms with van der Waals surface area (Å²) < 4.78 is 43.0. The molecule has 3 nitrogen and oxygen atoms in total. The summed E-state index contributed by atoms with van der Waals surface area (Å²) in [5.41, 5.74) is 0.543. The third-order valence-electron chi connectivity index (χ3n) is 3.43. The maximum absolute atomic E-state index is 12.6. The van der Waals surface area contributed by atoms with Crippen LogP contribution in [0.1, 0.15) is 11.1 Å². The molecule has 1 aliphatic heterocycles. The molecular weight excluding hydrogens is 295 g/mol. The van der Waals surface area contributed by atoms with Gasteiger partial charge in [-0.1, -0.05) is 24.3 Å². The van der Waals surface area contributed by atoms with Crippen LogP contribution in [-0.2, 0) is 17.5 Å². The second-order valence-electron chi connectivity index (χ2n) is 4.93. The van der Waals surface area contributed by atoms with E-state index >= 15 is 0 Å². The first-order valence-electron chi connectivity index (χ1n) is 6.63. The molecule has 6 heteroatoms. The van der Waals surface area contributed by atoms with Crippen LogP contribution in [0.4, 0.5) is 18.9 Å². The van der Waals surface area contributed by atoms with Crippen LogP contribution in [0.15, 0.2) is 48.5 Å². The van der Waals surface area contributed by atoms with E-state index < -0.39 is 11.7 Å². The minimum atomic E-state index is -4.36. The molecule has 0 N–H and O–H groups in total. The zero-order valence-corrected chi connectivity index (χ0v) is 11.4. The van der Waals surface area contributed by atoms with Gasteiger partial charge in [0.1, 0.15) is 5.75 Å². The summed E-state index contributed by atoms with van der Waals surface area (Å²) in [5, 5.41) is 0. The number of benzene rings is 2. The van der Waals surface area contributed by atoms with Crippen LogP contribution < -0.4 is 9.64 Å². The molecule has 0 unspecified atom stereocenters. The third kappa shape index (κ3) is 2.77. The van der Waals surface area contributed by atoms with Crippen LogP contribution in [0.3, 0.4) is 0 Å². The summed E-state index contributed by atoms with van der Waals surface area (Å²) in [6.07, 6.45) is -4.36. The Bertz CT molecular complexity index is 695. The van der Waals surface area contributed by atoms with Crippen molar-refractivity contribution < 1.29 is 22.7 Å². The number of halogens is 3. The van der Waals surface area contributed by atoms with Crippen molar-refractivity contribution in [2.75, 3.05) is 11.5 Å². The maximum Gasteiger partial charge on any atom is 0.416 e. The van der Waals surface area contributed by atoms with Gasteiger partial charge in [-0.15, -0.1) is 0 Å². The van der Waals surface area contributed by atoms with Crippen molar-refractivity contribution in [3.8, 4) is 5.75 Å². The zero-order valence-electron chi connectivity index (χ0n) is 11.4. The lowest BCUT2D eigenvalue weighted by molar-refractivity contribution is -0.137. The first-order valence-corrected chi connectivity index (χ1v) is 6.63. The number of rotatable bonds is 2. The average molecular weight is 307 g/mol. The van der Waals surface area contributed by atoms with Crippen molar-refractivity contribution in [3.05, 3.63) is 59.7 Å². The fraction of sp³-hybridized carbons (Fsp3) is 0.188. The number of carbonyl (C=O) groups is 1. The van der Waals surface area contributed by atoms with E-state index in [4.69, 9.17) is 4.74 Å². The van der Waals surface area contributed by atoms with Crippen LogP contribution in [0.2, 0.25) is 0 Å². The second kappa shape index (κ2) is 5.36. The number of alkyl halides is 3. The molecule has 0 radical (unpaired) electrons. The van der Waals surface area contributed by atoms with Gasteiger partial charge in [-0.25, -0.2) is 0 Å². The molecule has 1 amide bonds. The number of hydrogen-bond donors (Lipinski definition) is 0. The lowest BCUT2D eigenvalue weighted by atomic mass is 10.1. The van der Waals surface area contributed by atoms with E-state index in [1.54, 1.807) is 24.3 Å². The van der Waals surface area contributed by atoms with Crippen LogP contribution in [0, 0.1) is 0 Å². The smallest absolute Gasteiger partial charge is 0.416 e. The molecule has 1 aliphatic rings. The maximum atomic E-state index is 12.6. The fourth-order valence-electron chi connectivity index (χ4n) is 2.31. The highest BCUT2D eigenvalue weighted by Crippen LogP contribution is 2.33. The Morgan fingerprint density at radius 1 is 1.05 bits per heavy atom. The number of anilines is 1. The molecule has 22 heavy (non-hydrogen) atoms. The van der Waals surface area contributed by atoms with Crippen molar-refractivity contribution in [2.45, 2.75) is 12.7 Å². The Kier molecular flexibility index (Phi) is 3.52. The zero-order chi connectivity index (χ0) is 15.7.